The molecule has 0 bridgehead atoms. The molecule has 0 fully saturated rings. The molecule has 1 rings (SSSR count). The van der Waals surface area contributed by atoms with Crippen molar-refractivity contribution in [2.45, 2.75) is 0 Å². The van der Waals surface area contributed by atoms with Crippen molar-refractivity contribution in [2.75, 3.05) is 6.61 Å². The van der Waals surface area contributed by atoms with Gasteiger partial charge in [0.15, 0.2) is 0 Å². The minimum Gasteiger partial charge on any atom is -0.478 e. The van der Waals surface area contributed by atoms with Crippen molar-refractivity contribution in [2.24, 2.45) is 0 Å². The fourth-order valence-corrected chi connectivity index (χ4v) is 3.68. The zero-order valence-corrected chi connectivity index (χ0v) is 15.5. The Labute approximate surface area is 142 Å². The highest BCUT2D eigenvalue weighted by molar-refractivity contribution is 9.15. The van der Waals surface area contributed by atoms with Crippen LogP contribution in [0.1, 0.15) is 20.7 Å². The van der Waals surface area contributed by atoms with Crippen molar-refractivity contribution in [3.05, 3.63) is 41.7 Å². The lowest BCUT2D eigenvalue weighted by atomic mass is 10.1. The lowest BCUT2D eigenvalue weighted by molar-refractivity contribution is 0.0535. The summed E-state index contributed by atoms with van der Waals surface area (Å²) in [6.45, 7) is 3.42. The van der Waals surface area contributed by atoms with E-state index in [0.29, 0.717) is 13.4 Å². The van der Waals surface area contributed by atoms with E-state index in [2.05, 4.69) is 70.3 Å². The molecule has 0 aliphatic carbocycles. The van der Waals surface area contributed by atoms with Crippen LogP contribution in [0.5, 0.6) is 0 Å². The van der Waals surface area contributed by atoms with Crippen LogP contribution in [0.3, 0.4) is 0 Å². The van der Waals surface area contributed by atoms with Gasteiger partial charge >= 0.3 is 11.9 Å². The van der Waals surface area contributed by atoms with Gasteiger partial charge in [-0.1, -0.05) is 12.7 Å². The summed E-state index contributed by atoms with van der Waals surface area (Å²) >= 11 is 12.8. The summed E-state index contributed by atoms with van der Waals surface area (Å²) in [5.74, 6) is -2.00. The molecule has 0 atom stereocenters. The quantitative estimate of drug-likeness (QED) is 0.268. The second-order valence-corrected chi connectivity index (χ2v) is 6.37. The summed E-state index contributed by atoms with van der Waals surface area (Å²) < 4.78 is 6.43. The van der Waals surface area contributed by atoms with Crippen LogP contribution in [-0.4, -0.2) is 23.7 Å². The first-order valence-electron chi connectivity index (χ1n) is 4.70. The van der Waals surface area contributed by atoms with Gasteiger partial charge in [-0.2, -0.15) is 0 Å². The Morgan fingerprint density at radius 2 is 1.53 bits per heavy atom. The zero-order valence-electron chi connectivity index (χ0n) is 9.18. The van der Waals surface area contributed by atoms with E-state index in [9.17, 15) is 14.7 Å². The zero-order chi connectivity index (χ0) is 14.7. The number of carboxylic acid groups (broad SMARTS) is 1. The van der Waals surface area contributed by atoms with E-state index < -0.39 is 11.9 Å². The second-order valence-electron chi connectivity index (χ2n) is 3.20. The van der Waals surface area contributed by atoms with Crippen LogP contribution in [0.25, 0.3) is 0 Å². The van der Waals surface area contributed by atoms with Gasteiger partial charge in [0.25, 0.3) is 0 Å². The minimum absolute atomic E-state index is 0.00433. The Hall–Kier alpha value is -0.180. The number of benzene rings is 1. The van der Waals surface area contributed by atoms with Crippen molar-refractivity contribution >= 4 is 75.7 Å². The number of hydrogen-bond acceptors (Lipinski definition) is 3. The van der Waals surface area contributed by atoms with E-state index in [4.69, 9.17) is 4.74 Å². The lowest BCUT2D eigenvalue weighted by Gasteiger charge is -2.13. The summed E-state index contributed by atoms with van der Waals surface area (Å²) in [6, 6.07) is 0. The Morgan fingerprint density at radius 1 is 1.05 bits per heavy atom. The maximum Gasteiger partial charge on any atom is 0.340 e. The second kappa shape index (κ2) is 7.01. The van der Waals surface area contributed by atoms with Crippen molar-refractivity contribution in [3.63, 3.8) is 0 Å². The van der Waals surface area contributed by atoms with Crippen LogP contribution < -0.4 is 0 Å². The summed E-state index contributed by atoms with van der Waals surface area (Å²) in [5.41, 5.74) is -0.257. The Balaban J connectivity index is 3.56. The van der Waals surface area contributed by atoms with Gasteiger partial charge in [0.05, 0.1) is 11.1 Å². The Kier molecular flexibility index (Phi) is 6.22. The number of aromatic carboxylic acids is 1. The Bertz CT molecular complexity index is 569. The van der Waals surface area contributed by atoms with Gasteiger partial charge in [0, 0.05) is 17.9 Å². The number of halogens is 4. The average molecular weight is 522 g/mol. The molecule has 0 radical (unpaired) electrons. The van der Waals surface area contributed by atoms with Crippen molar-refractivity contribution in [1.29, 1.82) is 0 Å². The summed E-state index contributed by atoms with van der Waals surface area (Å²) in [7, 11) is 0. The standard InChI is InChI=1S/C11H6Br4O4/c1-2-3-19-11(18)5-4(10(16)17)6(12)8(14)9(15)7(5)13/h2H,1,3H2,(H,16,17). The first-order chi connectivity index (χ1) is 8.82. The van der Waals surface area contributed by atoms with Crippen LogP contribution in [0.2, 0.25) is 0 Å². The molecular weight excluding hydrogens is 516 g/mol. The van der Waals surface area contributed by atoms with Crippen LogP contribution in [-0.2, 0) is 4.74 Å². The molecule has 0 heterocycles. The molecule has 4 nitrogen and oxygen atoms in total. The highest BCUT2D eigenvalue weighted by Crippen LogP contribution is 2.42. The van der Waals surface area contributed by atoms with Crippen molar-refractivity contribution < 1.29 is 19.4 Å². The van der Waals surface area contributed by atoms with Crippen LogP contribution in [0.4, 0.5) is 0 Å². The van der Waals surface area contributed by atoms with Crippen LogP contribution in [0, 0.1) is 0 Å². The van der Waals surface area contributed by atoms with Gasteiger partial charge in [-0.25, -0.2) is 9.59 Å². The lowest BCUT2D eigenvalue weighted by Crippen LogP contribution is -2.14. The number of carbonyl (C=O) groups is 2. The third kappa shape index (κ3) is 3.48. The SMILES string of the molecule is C=CCOC(=O)c1c(Br)c(Br)c(Br)c(Br)c1C(=O)O. The van der Waals surface area contributed by atoms with Crippen LogP contribution >= 0.6 is 63.7 Å². The van der Waals surface area contributed by atoms with E-state index >= 15 is 0 Å². The first-order valence-corrected chi connectivity index (χ1v) is 7.87. The van der Waals surface area contributed by atoms with Crippen molar-refractivity contribution in [3.8, 4) is 0 Å². The minimum atomic E-state index is -1.24. The molecule has 0 aliphatic heterocycles. The topological polar surface area (TPSA) is 63.6 Å². The summed E-state index contributed by atoms with van der Waals surface area (Å²) in [6.07, 6.45) is 1.40. The molecule has 102 valence electrons. The average Bonchev–Trinajstić information content (AvgIpc) is 2.36. The molecule has 0 unspecified atom stereocenters. The van der Waals surface area contributed by atoms with E-state index in [1.165, 1.54) is 6.08 Å². The van der Waals surface area contributed by atoms with E-state index in [1.807, 2.05) is 0 Å². The highest BCUT2D eigenvalue weighted by Gasteiger charge is 2.28. The predicted octanol–water partition coefficient (Wildman–Crippen LogP) is 4.78. The van der Waals surface area contributed by atoms with E-state index in [-0.39, 0.29) is 22.2 Å². The molecule has 0 amide bonds. The van der Waals surface area contributed by atoms with Gasteiger partial charge in [0.1, 0.15) is 6.61 Å². The highest BCUT2D eigenvalue weighted by atomic mass is 79.9. The molecule has 0 aromatic heterocycles. The molecule has 0 aliphatic rings. The molecule has 19 heavy (non-hydrogen) atoms. The third-order valence-electron chi connectivity index (χ3n) is 2.02. The molecule has 1 aromatic carbocycles. The third-order valence-corrected chi connectivity index (χ3v) is 6.79. The number of rotatable bonds is 4. The van der Waals surface area contributed by atoms with Gasteiger partial charge < -0.3 is 9.84 Å². The fraction of sp³-hybridized carbons (Fsp3) is 0.0909. The smallest absolute Gasteiger partial charge is 0.340 e. The molecule has 1 N–H and O–H groups in total. The van der Waals surface area contributed by atoms with Gasteiger partial charge in [-0.3, -0.25) is 0 Å². The normalized spacial score (nSPS) is 10.1. The number of hydrogen-bond donors (Lipinski definition) is 1. The van der Waals surface area contributed by atoms with Crippen molar-refractivity contribution in [1.82, 2.24) is 0 Å². The largest absolute Gasteiger partial charge is 0.478 e. The maximum absolute atomic E-state index is 11.9. The fourth-order valence-electron chi connectivity index (χ4n) is 1.23. The first kappa shape index (κ1) is 16.9. The predicted molar refractivity (Wildman–Crippen MR) is 84.7 cm³/mol. The molecule has 8 heteroatoms. The number of ether oxygens (including phenoxy) is 1. The molecule has 0 spiro atoms. The molecule has 1 aromatic rings. The van der Waals surface area contributed by atoms with Gasteiger partial charge in [-0.15, -0.1) is 0 Å². The van der Waals surface area contributed by atoms with Gasteiger partial charge in [0.2, 0.25) is 0 Å². The molecule has 0 saturated heterocycles. The summed E-state index contributed by atoms with van der Waals surface area (Å²) in [4.78, 5) is 23.3. The summed E-state index contributed by atoms with van der Waals surface area (Å²) in [5, 5.41) is 9.25. The van der Waals surface area contributed by atoms with E-state index in [1.54, 1.807) is 0 Å². The van der Waals surface area contributed by atoms with Crippen LogP contribution in [0.15, 0.2) is 30.5 Å². The molecule has 0 saturated carbocycles. The molecular formula is C11H6Br4O4. The van der Waals surface area contributed by atoms with Gasteiger partial charge in [-0.05, 0) is 63.7 Å². The number of esters is 1. The maximum atomic E-state index is 11.9. The Morgan fingerprint density at radius 3 is 1.95 bits per heavy atom. The monoisotopic (exact) mass is 518 g/mol. The number of carbonyl (C=O) groups excluding carboxylic acids is 1. The number of carboxylic acids is 1. The van der Waals surface area contributed by atoms with E-state index in [0.717, 1.165) is 0 Å².